The quantitative estimate of drug-likeness (QED) is 0.369. The smallest absolute Gasteiger partial charge is 0.329 e. The summed E-state index contributed by atoms with van der Waals surface area (Å²) in [7, 11) is 3.62. The molecule has 11 heteroatoms. The molecule has 0 aliphatic carbocycles. The predicted molar refractivity (Wildman–Crippen MR) is 183 cm³/mol. The van der Waals surface area contributed by atoms with Crippen LogP contribution < -0.4 is 31.4 Å². The van der Waals surface area contributed by atoms with Gasteiger partial charge in [0.1, 0.15) is 11.9 Å². The maximum Gasteiger partial charge on any atom is 0.329 e. The van der Waals surface area contributed by atoms with Crippen molar-refractivity contribution in [3.8, 4) is 0 Å². The number of para-hydroxylation sites is 1. The first-order chi connectivity index (χ1) is 21.5. The SMILES string of the molecule is CC.CC.CC.CNc1ccc(N2CCNCC2)cn1.Cn1c(=O)n(C2CCC(=O)NC2=O)c2cccc(N3CCCC3)c21. The number of carbonyl (C=O) groups is 2. The summed E-state index contributed by atoms with van der Waals surface area (Å²) in [5.41, 5.74) is 3.64. The first kappa shape index (κ1) is 36.3. The molecule has 1 atom stereocenters. The van der Waals surface area contributed by atoms with Crippen LogP contribution in [0.2, 0.25) is 0 Å². The van der Waals surface area contributed by atoms with Crippen LogP contribution in [0.1, 0.15) is 73.3 Å². The number of benzene rings is 1. The van der Waals surface area contributed by atoms with Gasteiger partial charge in [-0.3, -0.25) is 24.0 Å². The fourth-order valence-electron chi connectivity index (χ4n) is 5.50. The minimum absolute atomic E-state index is 0.217. The third-order valence-corrected chi connectivity index (χ3v) is 7.54. The Balaban J connectivity index is 0.000000288. The Bertz CT molecular complexity index is 1350. The van der Waals surface area contributed by atoms with Crippen molar-refractivity contribution in [1.82, 2.24) is 24.8 Å². The van der Waals surface area contributed by atoms with Crippen LogP contribution in [-0.2, 0) is 16.6 Å². The number of fused-ring (bicyclic) bond motifs is 1. The number of piperazine rings is 1. The van der Waals surface area contributed by atoms with Gasteiger partial charge in [0.05, 0.1) is 28.6 Å². The van der Waals surface area contributed by atoms with E-state index in [9.17, 15) is 14.4 Å². The number of nitrogens with one attached hydrogen (secondary N) is 3. The second-order valence-corrected chi connectivity index (χ2v) is 9.91. The van der Waals surface area contributed by atoms with Crippen molar-refractivity contribution in [1.29, 1.82) is 0 Å². The van der Waals surface area contributed by atoms with E-state index in [1.165, 1.54) is 10.3 Å². The summed E-state index contributed by atoms with van der Waals surface area (Å²) in [6.07, 6.45) is 4.84. The fraction of sp³-hybridized carbons (Fsp3) is 0.576. The Morgan fingerprint density at radius 1 is 0.864 bits per heavy atom. The van der Waals surface area contributed by atoms with E-state index in [4.69, 9.17) is 0 Å². The summed E-state index contributed by atoms with van der Waals surface area (Å²) in [6.45, 7) is 18.2. The lowest BCUT2D eigenvalue weighted by molar-refractivity contribution is -0.135. The molecule has 1 unspecified atom stereocenters. The van der Waals surface area contributed by atoms with Crippen LogP contribution in [0.5, 0.6) is 0 Å². The van der Waals surface area contributed by atoms with Gasteiger partial charge in [-0.1, -0.05) is 47.6 Å². The minimum Gasteiger partial charge on any atom is -0.373 e. The Kier molecular flexibility index (Phi) is 15.5. The number of imidazole rings is 1. The van der Waals surface area contributed by atoms with Crippen molar-refractivity contribution in [2.45, 2.75) is 73.3 Å². The molecule has 3 aliphatic rings. The molecule has 6 rings (SSSR count). The number of carbonyl (C=O) groups excluding carboxylic acids is 2. The lowest BCUT2D eigenvalue weighted by Gasteiger charge is -2.29. The lowest BCUT2D eigenvalue weighted by atomic mass is 10.1. The first-order valence-corrected chi connectivity index (χ1v) is 16.4. The van der Waals surface area contributed by atoms with Crippen LogP contribution in [-0.4, -0.2) is 72.2 Å². The molecule has 244 valence electrons. The molecule has 3 N–H and O–H groups in total. The molecule has 0 saturated carbocycles. The Morgan fingerprint density at radius 3 is 2.09 bits per heavy atom. The Labute approximate surface area is 263 Å². The number of hydrogen-bond donors (Lipinski definition) is 3. The molecule has 3 saturated heterocycles. The normalized spacial score (nSPS) is 17.5. The predicted octanol–water partition coefficient (Wildman–Crippen LogP) is 4.53. The van der Waals surface area contributed by atoms with Crippen LogP contribution in [0.3, 0.4) is 0 Å². The molecule has 1 aromatic carbocycles. The lowest BCUT2D eigenvalue weighted by Crippen LogP contribution is -2.44. The number of anilines is 3. The van der Waals surface area contributed by atoms with Crippen LogP contribution in [0, 0.1) is 0 Å². The molecule has 3 aliphatic heterocycles. The summed E-state index contributed by atoms with van der Waals surface area (Å²) in [6, 6.07) is 9.33. The summed E-state index contributed by atoms with van der Waals surface area (Å²) < 4.78 is 3.16. The number of aromatic nitrogens is 3. The Morgan fingerprint density at radius 2 is 1.52 bits per heavy atom. The summed E-state index contributed by atoms with van der Waals surface area (Å²) in [5.74, 6) is 0.249. The van der Waals surface area contributed by atoms with Crippen molar-refractivity contribution in [3.05, 3.63) is 47.0 Å². The zero-order chi connectivity index (χ0) is 32.6. The number of piperidine rings is 1. The molecule has 0 bridgehead atoms. The highest BCUT2D eigenvalue weighted by Crippen LogP contribution is 2.31. The summed E-state index contributed by atoms with van der Waals surface area (Å²) >= 11 is 0. The second kappa shape index (κ2) is 18.7. The monoisotopic (exact) mass is 610 g/mol. The highest BCUT2D eigenvalue weighted by molar-refractivity contribution is 6.00. The van der Waals surface area contributed by atoms with Crippen molar-refractivity contribution in [2.24, 2.45) is 7.05 Å². The number of aryl methyl sites for hydroxylation is 1. The second-order valence-electron chi connectivity index (χ2n) is 9.91. The maximum absolute atomic E-state index is 12.8. The van der Waals surface area contributed by atoms with Crippen molar-refractivity contribution in [3.63, 3.8) is 0 Å². The summed E-state index contributed by atoms with van der Waals surface area (Å²) in [5, 5.41) is 8.69. The van der Waals surface area contributed by atoms with Gasteiger partial charge in [-0.25, -0.2) is 9.78 Å². The van der Waals surface area contributed by atoms with Crippen LogP contribution >= 0.6 is 0 Å². The number of amides is 2. The third-order valence-electron chi connectivity index (χ3n) is 7.54. The van der Waals surface area contributed by atoms with Gasteiger partial charge < -0.3 is 20.4 Å². The van der Waals surface area contributed by atoms with Crippen molar-refractivity contribution < 1.29 is 9.59 Å². The number of hydrogen-bond acceptors (Lipinski definition) is 8. The molecule has 11 nitrogen and oxygen atoms in total. The van der Waals surface area contributed by atoms with Gasteiger partial charge in [0, 0.05) is 59.8 Å². The average molecular weight is 611 g/mol. The zero-order valence-electron chi connectivity index (χ0n) is 28.1. The first-order valence-electron chi connectivity index (χ1n) is 16.4. The van der Waals surface area contributed by atoms with Crippen molar-refractivity contribution in [2.75, 3.05) is 61.4 Å². The maximum atomic E-state index is 12.8. The van der Waals surface area contributed by atoms with E-state index in [-0.39, 0.29) is 18.0 Å². The van der Waals surface area contributed by atoms with Gasteiger partial charge in [-0.2, -0.15) is 0 Å². The highest BCUT2D eigenvalue weighted by atomic mass is 16.2. The van der Waals surface area contributed by atoms with E-state index in [1.54, 1.807) is 11.6 Å². The number of pyridine rings is 1. The molecule has 0 spiro atoms. The molecule has 3 aromatic rings. The average Bonchev–Trinajstić information content (AvgIpc) is 3.72. The molecule has 3 fully saturated rings. The largest absolute Gasteiger partial charge is 0.373 e. The zero-order valence-corrected chi connectivity index (χ0v) is 28.1. The standard InChI is InChI=1S/C17H20N4O3.C10H16N4.3C2H6/c1-19-15-11(20-9-2-3-10-20)5-4-6-12(15)21(17(19)24)13-7-8-14(22)18-16(13)23;1-11-10-3-2-9(8-13-10)14-6-4-12-5-7-14;3*1-2/h4-6,13H,2-3,7-10H2,1H3,(H,18,22,23);2-3,8,12H,4-7H2,1H3,(H,11,13);3*1-2H3. The summed E-state index contributed by atoms with van der Waals surface area (Å²) in [4.78, 5) is 45.4. The van der Waals surface area contributed by atoms with E-state index < -0.39 is 11.9 Å². The fourth-order valence-corrected chi connectivity index (χ4v) is 5.50. The van der Waals surface area contributed by atoms with Crippen LogP contribution in [0.25, 0.3) is 11.0 Å². The molecular formula is C33H54N8O3. The highest BCUT2D eigenvalue weighted by Gasteiger charge is 2.32. The van der Waals surface area contributed by atoms with Gasteiger partial charge in [-0.05, 0) is 43.5 Å². The van der Waals surface area contributed by atoms with E-state index >= 15 is 0 Å². The molecular weight excluding hydrogens is 556 g/mol. The minimum atomic E-state index is -0.632. The van der Waals surface area contributed by atoms with E-state index in [2.05, 4.69) is 36.8 Å². The third kappa shape index (κ3) is 8.62. The van der Waals surface area contributed by atoms with E-state index in [0.29, 0.717) is 6.42 Å². The van der Waals surface area contributed by atoms with Gasteiger partial charge in [0.2, 0.25) is 11.8 Å². The van der Waals surface area contributed by atoms with E-state index in [1.807, 2.05) is 79.1 Å². The number of imide groups is 1. The van der Waals surface area contributed by atoms with Crippen LogP contribution in [0.15, 0.2) is 41.3 Å². The number of rotatable bonds is 4. The molecule has 0 radical (unpaired) electrons. The Hall–Kier alpha value is -3.86. The van der Waals surface area contributed by atoms with Crippen LogP contribution in [0.4, 0.5) is 17.2 Å². The molecule has 2 aromatic heterocycles. The van der Waals surface area contributed by atoms with Crippen molar-refractivity contribution >= 4 is 40.0 Å². The van der Waals surface area contributed by atoms with Gasteiger partial charge in [0.15, 0.2) is 0 Å². The van der Waals surface area contributed by atoms with Gasteiger partial charge >= 0.3 is 5.69 Å². The molecule has 5 heterocycles. The van der Waals surface area contributed by atoms with Gasteiger partial charge in [-0.15, -0.1) is 0 Å². The topological polar surface area (TPSA) is 117 Å². The van der Waals surface area contributed by atoms with Gasteiger partial charge in [0.25, 0.3) is 0 Å². The molecule has 44 heavy (non-hydrogen) atoms. The van der Waals surface area contributed by atoms with E-state index in [0.717, 1.165) is 74.6 Å². The number of nitrogens with zero attached hydrogens (tertiary/aromatic N) is 5. The molecule has 2 amide bonds.